The third-order valence-corrected chi connectivity index (χ3v) is 2.74. The molecule has 0 spiro atoms. The summed E-state index contributed by atoms with van der Waals surface area (Å²) in [5.74, 6) is 0.670. The van der Waals surface area contributed by atoms with Crippen LogP contribution >= 0.6 is 0 Å². The Morgan fingerprint density at radius 3 is 2.84 bits per heavy atom. The normalized spacial score (nSPS) is 10.8. The van der Waals surface area contributed by atoms with E-state index in [2.05, 4.69) is 5.32 Å². The smallest absolute Gasteiger partial charge is 0.129 e. The second-order valence-corrected chi connectivity index (χ2v) is 4.25. The molecule has 1 aromatic carbocycles. The van der Waals surface area contributed by atoms with Crippen LogP contribution in [0.1, 0.15) is 17.7 Å². The van der Waals surface area contributed by atoms with Gasteiger partial charge in [0.1, 0.15) is 18.2 Å². The van der Waals surface area contributed by atoms with Crippen LogP contribution in [0.2, 0.25) is 0 Å². The number of furan rings is 1. The molecule has 0 unspecified atom stereocenters. The number of benzene rings is 1. The Kier molecular flexibility index (Phi) is 5.59. The first-order valence-electron chi connectivity index (χ1n) is 6.40. The van der Waals surface area contributed by atoms with E-state index in [1.165, 1.54) is 6.07 Å². The van der Waals surface area contributed by atoms with E-state index in [0.29, 0.717) is 25.3 Å². The number of rotatable bonds is 8. The van der Waals surface area contributed by atoms with Crippen molar-refractivity contribution in [2.45, 2.75) is 19.6 Å². The van der Waals surface area contributed by atoms with E-state index in [9.17, 15) is 4.39 Å². The molecule has 19 heavy (non-hydrogen) atoms. The lowest BCUT2D eigenvalue weighted by molar-refractivity contribution is 0.104. The summed E-state index contributed by atoms with van der Waals surface area (Å²) in [4.78, 5) is 0. The molecular formula is C15H18FNO2. The van der Waals surface area contributed by atoms with Crippen molar-refractivity contribution in [1.29, 1.82) is 0 Å². The minimum absolute atomic E-state index is 0.163. The second-order valence-electron chi connectivity index (χ2n) is 4.25. The van der Waals surface area contributed by atoms with Crippen LogP contribution in [0.5, 0.6) is 0 Å². The van der Waals surface area contributed by atoms with E-state index in [-0.39, 0.29) is 5.82 Å². The predicted octanol–water partition coefficient (Wildman–Crippen LogP) is 3.12. The lowest BCUT2D eigenvalue weighted by Gasteiger charge is -2.06. The fourth-order valence-corrected chi connectivity index (χ4v) is 1.73. The van der Waals surface area contributed by atoms with Crippen LogP contribution in [-0.4, -0.2) is 13.2 Å². The Morgan fingerprint density at radius 1 is 1.16 bits per heavy atom. The Hall–Kier alpha value is -1.65. The summed E-state index contributed by atoms with van der Waals surface area (Å²) in [6.45, 7) is 2.50. The zero-order chi connectivity index (χ0) is 13.3. The van der Waals surface area contributed by atoms with E-state index in [0.717, 1.165) is 18.7 Å². The van der Waals surface area contributed by atoms with Crippen molar-refractivity contribution in [2.24, 2.45) is 0 Å². The summed E-state index contributed by atoms with van der Waals surface area (Å²) in [5, 5.41) is 3.19. The molecule has 0 saturated heterocycles. The largest absolute Gasteiger partial charge is 0.467 e. The van der Waals surface area contributed by atoms with Crippen LogP contribution < -0.4 is 5.32 Å². The average molecular weight is 263 g/mol. The molecule has 0 aliphatic heterocycles. The molecule has 0 bridgehead atoms. The fraction of sp³-hybridized carbons (Fsp3) is 0.333. The molecule has 2 rings (SSSR count). The molecule has 1 N–H and O–H groups in total. The standard InChI is InChI=1S/C15H18FNO2/c16-15-7-2-1-5-13(15)11-17-8-4-9-18-12-14-6-3-10-19-14/h1-3,5-7,10,17H,4,8-9,11-12H2. The monoisotopic (exact) mass is 263 g/mol. The lowest BCUT2D eigenvalue weighted by atomic mass is 10.2. The van der Waals surface area contributed by atoms with Crippen LogP contribution in [0.3, 0.4) is 0 Å². The van der Waals surface area contributed by atoms with Gasteiger partial charge in [0.2, 0.25) is 0 Å². The summed E-state index contributed by atoms with van der Waals surface area (Å²) in [6, 6.07) is 10.5. The minimum Gasteiger partial charge on any atom is -0.467 e. The van der Waals surface area contributed by atoms with E-state index >= 15 is 0 Å². The molecule has 0 fully saturated rings. The third-order valence-electron chi connectivity index (χ3n) is 2.74. The van der Waals surface area contributed by atoms with Crippen LogP contribution in [0.25, 0.3) is 0 Å². The zero-order valence-electron chi connectivity index (χ0n) is 10.8. The molecule has 3 nitrogen and oxygen atoms in total. The summed E-state index contributed by atoms with van der Waals surface area (Å²) in [5.41, 5.74) is 0.694. The third kappa shape index (κ3) is 4.85. The van der Waals surface area contributed by atoms with Crippen molar-refractivity contribution < 1.29 is 13.5 Å². The summed E-state index contributed by atoms with van der Waals surface area (Å²) in [6.07, 6.45) is 2.52. The van der Waals surface area contributed by atoms with Gasteiger partial charge in [-0.25, -0.2) is 4.39 Å². The number of hydrogen-bond acceptors (Lipinski definition) is 3. The first-order valence-corrected chi connectivity index (χ1v) is 6.40. The summed E-state index contributed by atoms with van der Waals surface area (Å²) >= 11 is 0. The molecule has 0 saturated carbocycles. The molecule has 0 aliphatic rings. The first kappa shape index (κ1) is 13.8. The maximum atomic E-state index is 13.3. The van der Waals surface area contributed by atoms with Crippen LogP contribution in [0, 0.1) is 5.82 Å². The van der Waals surface area contributed by atoms with Crippen LogP contribution in [0.15, 0.2) is 47.1 Å². The average Bonchev–Trinajstić information content (AvgIpc) is 2.93. The maximum Gasteiger partial charge on any atom is 0.129 e. The molecule has 102 valence electrons. The minimum atomic E-state index is -0.163. The highest BCUT2D eigenvalue weighted by Gasteiger charge is 1.99. The Balaban J connectivity index is 1.52. The maximum absolute atomic E-state index is 13.3. The van der Waals surface area contributed by atoms with E-state index in [1.54, 1.807) is 18.4 Å². The SMILES string of the molecule is Fc1ccccc1CNCCCOCc1ccco1. The van der Waals surface area contributed by atoms with Gasteiger partial charge in [-0.15, -0.1) is 0 Å². The molecule has 1 aromatic heterocycles. The van der Waals surface area contributed by atoms with E-state index < -0.39 is 0 Å². The molecule has 0 amide bonds. The van der Waals surface area contributed by atoms with Gasteiger partial charge in [-0.1, -0.05) is 18.2 Å². The highest BCUT2D eigenvalue weighted by atomic mass is 19.1. The quantitative estimate of drug-likeness (QED) is 0.743. The molecule has 2 aromatic rings. The number of halogens is 1. The van der Waals surface area contributed by atoms with Crippen molar-refractivity contribution in [1.82, 2.24) is 5.32 Å². The van der Waals surface area contributed by atoms with Crippen molar-refractivity contribution in [3.05, 3.63) is 59.8 Å². The van der Waals surface area contributed by atoms with E-state index in [4.69, 9.17) is 9.15 Å². The fourth-order valence-electron chi connectivity index (χ4n) is 1.73. The number of hydrogen-bond donors (Lipinski definition) is 1. The molecule has 0 radical (unpaired) electrons. The number of ether oxygens (including phenoxy) is 1. The van der Waals surface area contributed by atoms with Crippen molar-refractivity contribution in [3.63, 3.8) is 0 Å². The van der Waals surface area contributed by atoms with Gasteiger partial charge in [0, 0.05) is 18.7 Å². The summed E-state index contributed by atoms with van der Waals surface area (Å²) in [7, 11) is 0. The topological polar surface area (TPSA) is 34.4 Å². The van der Waals surface area contributed by atoms with E-state index in [1.807, 2.05) is 18.2 Å². The van der Waals surface area contributed by atoms with Gasteiger partial charge >= 0.3 is 0 Å². The van der Waals surface area contributed by atoms with Gasteiger partial charge in [-0.05, 0) is 31.2 Å². The van der Waals surface area contributed by atoms with Gasteiger partial charge in [0.05, 0.1) is 6.26 Å². The van der Waals surface area contributed by atoms with Gasteiger partial charge in [-0.2, -0.15) is 0 Å². The Bertz CT molecular complexity index is 471. The zero-order valence-corrected chi connectivity index (χ0v) is 10.8. The lowest BCUT2D eigenvalue weighted by Crippen LogP contribution is -2.17. The first-order chi connectivity index (χ1) is 9.36. The molecular weight excluding hydrogens is 245 g/mol. The summed E-state index contributed by atoms with van der Waals surface area (Å²) < 4.78 is 23.9. The van der Waals surface area contributed by atoms with Crippen LogP contribution in [-0.2, 0) is 17.9 Å². The van der Waals surface area contributed by atoms with Crippen molar-refractivity contribution in [3.8, 4) is 0 Å². The van der Waals surface area contributed by atoms with Gasteiger partial charge in [0.25, 0.3) is 0 Å². The highest BCUT2D eigenvalue weighted by Crippen LogP contribution is 2.05. The second kappa shape index (κ2) is 7.71. The molecule has 1 heterocycles. The Labute approximate surface area is 112 Å². The van der Waals surface area contributed by atoms with Crippen LogP contribution in [0.4, 0.5) is 4.39 Å². The molecule has 0 aliphatic carbocycles. The van der Waals surface area contributed by atoms with Gasteiger partial charge in [-0.3, -0.25) is 0 Å². The van der Waals surface area contributed by atoms with Crippen molar-refractivity contribution in [2.75, 3.05) is 13.2 Å². The molecule has 4 heteroatoms. The van der Waals surface area contributed by atoms with Crippen molar-refractivity contribution >= 4 is 0 Å². The highest BCUT2D eigenvalue weighted by molar-refractivity contribution is 5.16. The van der Waals surface area contributed by atoms with Gasteiger partial charge < -0.3 is 14.5 Å². The number of nitrogens with one attached hydrogen (secondary N) is 1. The Morgan fingerprint density at radius 2 is 2.05 bits per heavy atom. The molecule has 0 atom stereocenters. The predicted molar refractivity (Wildman–Crippen MR) is 71.1 cm³/mol. The van der Waals surface area contributed by atoms with Gasteiger partial charge in [0.15, 0.2) is 0 Å².